The number of pyridine rings is 1. The molecule has 1 aromatic heterocycles. The molecule has 2 heterocycles. The van der Waals surface area contributed by atoms with Crippen LogP contribution in [0.1, 0.15) is 24.0 Å². The minimum atomic E-state index is -0.656. The lowest BCUT2D eigenvalue weighted by molar-refractivity contribution is 0.622. The minimum Gasteiger partial charge on any atom is -0.366 e. The van der Waals surface area contributed by atoms with E-state index in [4.69, 9.17) is 5.26 Å². The second kappa shape index (κ2) is 5.28. The molecule has 0 bridgehead atoms. The Hall–Kier alpha value is -1.41. The molecule has 0 radical (unpaired) electrons. The van der Waals surface area contributed by atoms with E-state index in [1.165, 1.54) is 0 Å². The van der Waals surface area contributed by atoms with E-state index in [-0.39, 0.29) is 6.04 Å². The summed E-state index contributed by atoms with van der Waals surface area (Å²) in [5.41, 5.74) is 1.54. The van der Waals surface area contributed by atoms with Gasteiger partial charge >= 0.3 is 0 Å². The molecule has 0 saturated carbocycles. The van der Waals surface area contributed by atoms with E-state index >= 15 is 0 Å². The third-order valence-corrected chi connectivity index (χ3v) is 4.38. The molecule has 90 valence electrons. The molecule has 1 aliphatic rings. The first kappa shape index (κ1) is 12.1. The number of hydrogen-bond donors (Lipinski definition) is 1. The SMILES string of the molecule is Cc1ccnc(NC2CCS(=O)CC2)c1C#N. The average Bonchev–Trinajstić information content (AvgIpc) is 2.32. The van der Waals surface area contributed by atoms with E-state index < -0.39 is 10.8 Å². The molecular weight excluding hydrogens is 234 g/mol. The zero-order valence-electron chi connectivity index (χ0n) is 9.77. The van der Waals surface area contributed by atoms with Crippen molar-refractivity contribution in [1.82, 2.24) is 4.98 Å². The van der Waals surface area contributed by atoms with Crippen LogP contribution in [-0.4, -0.2) is 26.7 Å². The van der Waals surface area contributed by atoms with Crippen molar-refractivity contribution < 1.29 is 4.21 Å². The highest BCUT2D eigenvalue weighted by molar-refractivity contribution is 7.85. The second-order valence-electron chi connectivity index (χ2n) is 4.23. The summed E-state index contributed by atoms with van der Waals surface area (Å²) < 4.78 is 11.3. The van der Waals surface area contributed by atoms with Crippen LogP contribution in [0.25, 0.3) is 0 Å². The summed E-state index contributed by atoms with van der Waals surface area (Å²) in [7, 11) is -0.656. The normalized spacial score (nSPS) is 24.0. The first-order chi connectivity index (χ1) is 8.20. The molecule has 1 aromatic rings. The molecule has 5 heteroatoms. The molecule has 1 N–H and O–H groups in total. The zero-order valence-corrected chi connectivity index (χ0v) is 10.6. The zero-order chi connectivity index (χ0) is 12.3. The molecule has 0 atom stereocenters. The van der Waals surface area contributed by atoms with Gasteiger partial charge in [-0.3, -0.25) is 4.21 Å². The molecule has 0 unspecified atom stereocenters. The van der Waals surface area contributed by atoms with Gasteiger partial charge in [0.15, 0.2) is 0 Å². The summed E-state index contributed by atoms with van der Waals surface area (Å²) in [6.07, 6.45) is 3.47. The van der Waals surface area contributed by atoms with E-state index in [0.29, 0.717) is 11.4 Å². The molecule has 2 rings (SSSR count). The van der Waals surface area contributed by atoms with E-state index in [0.717, 1.165) is 29.9 Å². The predicted molar refractivity (Wildman–Crippen MR) is 68.2 cm³/mol. The van der Waals surface area contributed by atoms with Crippen LogP contribution in [0.3, 0.4) is 0 Å². The van der Waals surface area contributed by atoms with Gasteiger partial charge in [-0.05, 0) is 31.4 Å². The van der Waals surface area contributed by atoms with Crippen molar-refractivity contribution in [2.45, 2.75) is 25.8 Å². The molecule has 1 saturated heterocycles. The highest BCUT2D eigenvalue weighted by atomic mass is 32.2. The summed E-state index contributed by atoms with van der Waals surface area (Å²) >= 11 is 0. The highest BCUT2D eigenvalue weighted by Gasteiger charge is 2.19. The summed E-state index contributed by atoms with van der Waals surface area (Å²) in [6.45, 7) is 1.90. The van der Waals surface area contributed by atoms with Gasteiger partial charge in [-0.2, -0.15) is 5.26 Å². The first-order valence-electron chi connectivity index (χ1n) is 5.68. The molecule has 0 aliphatic carbocycles. The quantitative estimate of drug-likeness (QED) is 0.864. The van der Waals surface area contributed by atoms with Gasteiger partial charge in [0.2, 0.25) is 0 Å². The molecule has 0 amide bonds. The van der Waals surface area contributed by atoms with Gasteiger partial charge in [-0.1, -0.05) is 0 Å². The lowest BCUT2D eigenvalue weighted by atomic mass is 10.1. The number of hydrogen-bond acceptors (Lipinski definition) is 4. The highest BCUT2D eigenvalue weighted by Crippen LogP contribution is 2.19. The van der Waals surface area contributed by atoms with Crippen LogP contribution in [0, 0.1) is 18.3 Å². The number of aromatic nitrogens is 1. The average molecular weight is 249 g/mol. The van der Waals surface area contributed by atoms with Gasteiger partial charge < -0.3 is 5.32 Å². The largest absolute Gasteiger partial charge is 0.366 e. The number of rotatable bonds is 2. The van der Waals surface area contributed by atoms with Gasteiger partial charge in [-0.25, -0.2) is 4.98 Å². The molecule has 0 spiro atoms. The topological polar surface area (TPSA) is 65.8 Å². The summed E-state index contributed by atoms with van der Waals surface area (Å²) in [5, 5.41) is 12.4. The smallest absolute Gasteiger partial charge is 0.144 e. The maximum absolute atomic E-state index is 11.3. The predicted octanol–water partition coefficient (Wildman–Crippen LogP) is 1.58. The first-order valence-corrected chi connectivity index (χ1v) is 7.16. The molecule has 4 nitrogen and oxygen atoms in total. The van der Waals surface area contributed by atoms with Gasteiger partial charge in [0.05, 0.1) is 5.56 Å². The van der Waals surface area contributed by atoms with Crippen LogP contribution in [0.5, 0.6) is 0 Å². The van der Waals surface area contributed by atoms with Gasteiger partial charge in [0, 0.05) is 34.5 Å². The third-order valence-electron chi connectivity index (χ3n) is 3.00. The fraction of sp³-hybridized carbons (Fsp3) is 0.500. The number of anilines is 1. The Morgan fingerprint density at radius 1 is 1.53 bits per heavy atom. The van der Waals surface area contributed by atoms with Crippen molar-refractivity contribution >= 4 is 16.6 Å². The third kappa shape index (κ3) is 2.83. The Kier molecular flexibility index (Phi) is 3.75. The van der Waals surface area contributed by atoms with Crippen LogP contribution < -0.4 is 5.32 Å². The monoisotopic (exact) mass is 249 g/mol. The maximum atomic E-state index is 11.3. The Morgan fingerprint density at radius 2 is 2.24 bits per heavy atom. The van der Waals surface area contributed by atoms with Crippen molar-refractivity contribution in [2.24, 2.45) is 0 Å². The second-order valence-corrected chi connectivity index (χ2v) is 5.93. The standard InChI is InChI=1S/C12H15N3OS/c1-9-2-5-14-12(11(9)8-13)15-10-3-6-17(16)7-4-10/h2,5,10H,3-4,6-7H2,1H3,(H,14,15). The fourth-order valence-electron chi connectivity index (χ4n) is 1.94. The minimum absolute atomic E-state index is 0.286. The van der Waals surface area contributed by atoms with Crippen molar-refractivity contribution in [3.8, 4) is 6.07 Å². The van der Waals surface area contributed by atoms with E-state index in [1.54, 1.807) is 6.20 Å². The summed E-state index contributed by atoms with van der Waals surface area (Å²) in [4.78, 5) is 4.21. The molecule has 1 aliphatic heterocycles. The number of nitrogens with one attached hydrogen (secondary N) is 1. The maximum Gasteiger partial charge on any atom is 0.144 e. The lowest BCUT2D eigenvalue weighted by Crippen LogP contribution is -2.30. The number of aryl methyl sites for hydroxylation is 1. The Labute approximate surface area is 104 Å². The molecular formula is C12H15N3OS. The van der Waals surface area contributed by atoms with Crippen LogP contribution in [0.2, 0.25) is 0 Å². The Bertz CT molecular complexity index is 471. The lowest BCUT2D eigenvalue weighted by Gasteiger charge is -2.23. The molecule has 1 fully saturated rings. The van der Waals surface area contributed by atoms with E-state index in [9.17, 15) is 4.21 Å². The van der Waals surface area contributed by atoms with Gasteiger partial charge in [0.25, 0.3) is 0 Å². The summed E-state index contributed by atoms with van der Waals surface area (Å²) in [5.74, 6) is 2.14. The van der Waals surface area contributed by atoms with Crippen molar-refractivity contribution in [3.63, 3.8) is 0 Å². The van der Waals surface area contributed by atoms with Crippen LogP contribution >= 0.6 is 0 Å². The molecule has 17 heavy (non-hydrogen) atoms. The summed E-state index contributed by atoms with van der Waals surface area (Å²) in [6, 6.07) is 4.30. The number of nitriles is 1. The van der Waals surface area contributed by atoms with Crippen LogP contribution in [0.4, 0.5) is 5.82 Å². The van der Waals surface area contributed by atoms with Crippen molar-refractivity contribution in [2.75, 3.05) is 16.8 Å². The molecule has 0 aromatic carbocycles. The van der Waals surface area contributed by atoms with Crippen molar-refractivity contribution in [3.05, 3.63) is 23.4 Å². The van der Waals surface area contributed by atoms with Gasteiger partial charge in [0.1, 0.15) is 11.9 Å². The van der Waals surface area contributed by atoms with E-state index in [2.05, 4.69) is 16.4 Å². The van der Waals surface area contributed by atoms with Gasteiger partial charge in [-0.15, -0.1) is 0 Å². The van der Waals surface area contributed by atoms with Crippen LogP contribution in [0.15, 0.2) is 12.3 Å². The number of nitrogens with zero attached hydrogens (tertiary/aromatic N) is 2. The van der Waals surface area contributed by atoms with Crippen molar-refractivity contribution in [1.29, 1.82) is 5.26 Å². The Balaban J connectivity index is 2.11. The Morgan fingerprint density at radius 3 is 2.88 bits per heavy atom. The fourth-order valence-corrected chi connectivity index (χ4v) is 3.24. The van der Waals surface area contributed by atoms with E-state index in [1.807, 2.05) is 13.0 Å². The van der Waals surface area contributed by atoms with Crippen LogP contribution in [-0.2, 0) is 10.8 Å².